The smallest absolute Gasteiger partial charge is 0.275 e. The maximum atomic E-state index is 12.2. The molecule has 1 aliphatic heterocycles. The Kier molecular flexibility index (Phi) is 4.30. The van der Waals surface area contributed by atoms with Crippen LogP contribution in [0.15, 0.2) is 10.9 Å². The van der Waals surface area contributed by atoms with Crippen molar-refractivity contribution in [2.24, 2.45) is 5.92 Å². The van der Waals surface area contributed by atoms with Crippen LogP contribution in [-0.2, 0) is 6.42 Å². The Hall–Kier alpha value is -1.47. The predicted octanol–water partition coefficient (Wildman–Crippen LogP) is 2.23. The van der Waals surface area contributed by atoms with Crippen molar-refractivity contribution < 1.29 is 5.11 Å². The minimum absolute atomic E-state index is 0.117. The van der Waals surface area contributed by atoms with Crippen molar-refractivity contribution in [2.75, 3.05) is 11.4 Å². The summed E-state index contributed by atoms with van der Waals surface area (Å²) in [5.41, 5.74) is 0.689. The Morgan fingerprint density at radius 1 is 1.33 bits per heavy atom. The summed E-state index contributed by atoms with van der Waals surface area (Å²) in [5, 5.41) is 15.6. The average molecular weight is 348 g/mol. The summed E-state index contributed by atoms with van der Waals surface area (Å²) in [7, 11) is 0. The van der Waals surface area contributed by atoms with E-state index in [9.17, 15) is 9.90 Å². The number of fused-ring (bicyclic) bond motifs is 1. The number of β-amino-alcohol motifs (C(OH)–C–C–N with tert-alkyl or cyclic N) is 1. The van der Waals surface area contributed by atoms with Crippen molar-refractivity contribution in [1.29, 1.82) is 0 Å². The molecule has 0 spiro atoms. The van der Waals surface area contributed by atoms with Crippen LogP contribution in [0.1, 0.15) is 51.1 Å². The molecule has 4 rings (SSSR count). The van der Waals surface area contributed by atoms with Gasteiger partial charge in [0.1, 0.15) is 0 Å². The summed E-state index contributed by atoms with van der Waals surface area (Å²) in [6.07, 6.45) is 7.60. The molecule has 24 heavy (non-hydrogen) atoms. The summed E-state index contributed by atoms with van der Waals surface area (Å²) in [5.74, 6) is 0.624. The van der Waals surface area contributed by atoms with Crippen LogP contribution in [-0.4, -0.2) is 38.4 Å². The fraction of sp³-hybridized carbons (Fsp3) is 0.706. The van der Waals surface area contributed by atoms with Gasteiger partial charge in [0.15, 0.2) is 0 Å². The van der Waals surface area contributed by atoms with Gasteiger partial charge in [-0.25, -0.2) is 4.98 Å². The molecule has 0 radical (unpaired) electrons. The van der Waals surface area contributed by atoms with E-state index >= 15 is 0 Å². The van der Waals surface area contributed by atoms with Crippen molar-refractivity contribution >= 4 is 21.4 Å². The monoisotopic (exact) mass is 348 g/mol. The van der Waals surface area contributed by atoms with Gasteiger partial charge in [-0.1, -0.05) is 37.5 Å². The van der Waals surface area contributed by atoms with E-state index in [1.54, 1.807) is 6.07 Å². The number of aliphatic hydroxyl groups excluding tert-OH is 1. The number of hydrogen-bond acceptors (Lipinski definition) is 6. The van der Waals surface area contributed by atoms with Gasteiger partial charge in [-0.2, -0.15) is 4.52 Å². The van der Waals surface area contributed by atoms with Gasteiger partial charge >= 0.3 is 0 Å². The number of aromatic nitrogens is 3. The molecule has 2 aliphatic rings. The zero-order valence-electron chi connectivity index (χ0n) is 14.0. The Balaban J connectivity index is 1.69. The number of nitrogens with zero attached hydrogens (tertiary/aromatic N) is 4. The van der Waals surface area contributed by atoms with Crippen LogP contribution in [0.5, 0.6) is 0 Å². The van der Waals surface area contributed by atoms with Gasteiger partial charge < -0.3 is 10.0 Å². The maximum Gasteiger partial charge on any atom is 0.275 e. The fourth-order valence-corrected chi connectivity index (χ4v) is 5.17. The van der Waals surface area contributed by atoms with Crippen molar-refractivity contribution in [3.63, 3.8) is 0 Å². The lowest BCUT2D eigenvalue weighted by atomic mass is 9.83. The second-order valence-electron chi connectivity index (χ2n) is 7.03. The van der Waals surface area contributed by atoms with Crippen molar-refractivity contribution in [3.8, 4) is 0 Å². The lowest BCUT2D eigenvalue weighted by molar-refractivity contribution is 0.185. The number of rotatable bonds is 3. The maximum absolute atomic E-state index is 12.2. The van der Waals surface area contributed by atoms with Gasteiger partial charge in [0.25, 0.3) is 5.56 Å². The van der Waals surface area contributed by atoms with Crippen LogP contribution >= 0.6 is 11.3 Å². The Morgan fingerprint density at radius 3 is 2.88 bits per heavy atom. The normalized spacial score (nSPS) is 25.7. The van der Waals surface area contributed by atoms with Crippen LogP contribution in [0.4, 0.5) is 5.13 Å². The highest BCUT2D eigenvalue weighted by molar-refractivity contribution is 7.20. The molecular formula is C17H24N4O2S. The van der Waals surface area contributed by atoms with Gasteiger partial charge in [0.05, 0.1) is 6.10 Å². The van der Waals surface area contributed by atoms with Gasteiger partial charge in [-0.15, -0.1) is 5.10 Å². The molecule has 3 heterocycles. The molecule has 1 saturated carbocycles. The summed E-state index contributed by atoms with van der Waals surface area (Å²) < 4.78 is 1.40. The van der Waals surface area contributed by atoms with Crippen molar-refractivity contribution in [1.82, 2.24) is 14.6 Å². The first-order valence-corrected chi connectivity index (χ1v) is 9.82. The van der Waals surface area contributed by atoms with Gasteiger partial charge in [0, 0.05) is 24.3 Å². The Bertz CT molecular complexity index is 780. The molecular weight excluding hydrogens is 324 g/mol. The van der Waals surface area contributed by atoms with Gasteiger partial charge in [0.2, 0.25) is 10.1 Å². The molecule has 1 saturated heterocycles. The molecule has 0 amide bonds. The van der Waals surface area contributed by atoms with Crippen LogP contribution in [0.3, 0.4) is 0 Å². The third kappa shape index (κ3) is 2.84. The summed E-state index contributed by atoms with van der Waals surface area (Å²) in [4.78, 5) is 19.6. The number of anilines is 1. The SMILES string of the molecule is CCc1cc(=O)n2nc(N3CC(O)CC3C3CCCCC3)sc2n1. The van der Waals surface area contributed by atoms with E-state index in [1.807, 2.05) is 6.92 Å². The second kappa shape index (κ2) is 6.44. The molecule has 2 atom stereocenters. The zero-order valence-corrected chi connectivity index (χ0v) is 14.8. The fourth-order valence-electron chi connectivity index (χ4n) is 4.17. The number of hydrogen-bond donors (Lipinski definition) is 1. The standard InChI is InChI=1S/C17H24N4O2S/c1-2-12-8-15(23)21-16(18-12)24-17(19-21)20-10-13(22)9-14(20)11-6-4-3-5-7-11/h8,11,13-14,22H,2-7,9-10H2,1H3. The van der Waals surface area contributed by atoms with E-state index in [0.717, 1.165) is 23.7 Å². The van der Waals surface area contributed by atoms with Crippen LogP contribution < -0.4 is 10.5 Å². The first-order valence-electron chi connectivity index (χ1n) is 9.00. The van der Waals surface area contributed by atoms with E-state index in [2.05, 4.69) is 15.0 Å². The zero-order chi connectivity index (χ0) is 16.7. The van der Waals surface area contributed by atoms with E-state index in [-0.39, 0.29) is 11.7 Å². The topological polar surface area (TPSA) is 70.7 Å². The Labute approximate surface area is 145 Å². The molecule has 6 nitrogen and oxygen atoms in total. The van der Waals surface area contributed by atoms with Gasteiger partial charge in [-0.05, 0) is 31.6 Å². The number of aliphatic hydroxyl groups is 1. The molecule has 2 unspecified atom stereocenters. The predicted molar refractivity (Wildman–Crippen MR) is 94.8 cm³/mol. The molecule has 0 aromatic carbocycles. The van der Waals surface area contributed by atoms with E-state index in [0.29, 0.717) is 23.5 Å². The molecule has 1 aliphatic carbocycles. The molecule has 1 N–H and O–H groups in total. The highest BCUT2D eigenvalue weighted by Gasteiger charge is 2.38. The highest BCUT2D eigenvalue weighted by Crippen LogP contribution is 2.38. The lowest BCUT2D eigenvalue weighted by Gasteiger charge is -2.33. The van der Waals surface area contributed by atoms with Gasteiger partial charge in [-0.3, -0.25) is 4.79 Å². The molecule has 2 aromatic heterocycles. The largest absolute Gasteiger partial charge is 0.391 e. The summed E-state index contributed by atoms with van der Waals surface area (Å²) >= 11 is 1.46. The second-order valence-corrected chi connectivity index (χ2v) is 7.96. The van der Waals surface area contributed by atoms with Crippen LogP contribution in [0.25, 0.3) is 4.96 Å². The third-order valence-electron chi connectivity index (χ3n) is 5.41. The number of aryl methyl sites for hydroxylation is 1. The van der Waals surface area contributed by atoms with E-state index < -0.39 is 0 Å². The minimum Gasteiger partial charge on any atom is -0.391 e. The molecule has 0 bridgehead atoms. The molecule has 2 aromatic rings. The lowest BCUT2D eigenvalue weighted by Crippen LogP contribution is -2.36. The Morgan fingerprint density at radius 2 is 2.12 bits per heavy atom. The van der Waals surface area contributed by atoms with E-state index in [4.69, 9.17) is 0 Å². The molecule has 130 valence electrons. The first kappa shape index (κ1) is 16.0. The van der Waals surface area contributed by atoms with Crippen molar-refractivity contribution in [3.05, 3.63) is 22.1 Å². The molecule has 2 fully saturated rings. The van der Waals surface area contributed by atoms with Crippen molar-refractivity contribution in [2.45, 2.75) is 64.0 Å². The quantitative estimate of drug-likeness (QED) is 0.921. The van der Waals surface area contributed by atoms with E-state index in [1.165, 1.54) is 48.0 Å². The summed E-state index contributed by atoms with van der Waals surface area (Å²) in [6, 6.07) is 1.90. The third-order valence-corrected chi connectivity index (χ3v) is 6.36. The molecule has 7 heteroatoms. The van der Waals surface area contributed by atoms with Crippen LogP contribution in [0, 0.1) is 5.92 Å². The first-order chi connectivity index (χ1) is 11.7. The highest BCUT2D eigenvalue weighted by atomic mass is 32.1. The average Bonchev–Trinajstić information content (AvgIpc) is 3.19. The van der Waals surface area contributed by atoms with Crippen LogP contribution in [0.2, 0.25) is 0 Å². The minimum atomic E-state index is -0.306. The summed E-state index contributed by atoms with van der Waals surface area (Å²) in [6.45, 7) is 2.60.